The summed E-state index contributed by atoms with van der Waals surface area (Å²) in [5.74, 6) is 0. The maximum Gasteiger partial charge on any atom is 0.316 e. The van der Waals surface area contributed by atoms with Crippen LogP contribution in [0.3, 0.4) is 0 Å². The Morgan fingerprint density at radius 1 is 1.80 bits per heavy atom. The third kappa shape index (κ3) is 1.81. The minimum Gasteiger partial charge on any atom is -0.495 e. The van der Waals surface area contributed by atoms with Crippen molar-refractivity contribution >= 4 is 6.03 Å². The van der Waals surface area contributed by atoms with Crippen LogP contribution in [0.2, 0.25) is 0 Å². The van der Waals surface area contributed by atoms with Crippen LogP contribution < -0.4 is 11.1 Å². The Morgan fingerprint density at radius 2 is 2.60 bits per heavy atom. The van der Waals surface area contributed by atoms with E-state index in [1.165, 1.54) is 0 Å². The smallest absolute Gasteiger partial charge is 0.316 e. The van der Waals surface area contributed by atoms with Gasteiger partial charge in [-0.25, -0.2) is 4.79 Å². The highest BCUT2D eigenvalue weighted by molar-refractivity contribution is 5.73. The van der Waals surface area contributed by atoms with E-state index in [0.717, 1.165) is 0 Å². The van der Waals surface area contributed by atoms with Gasteiger partial charge in [0.15, 0.2) is 0 Å². The summed E-state index contributed by atoms with van der Waals surface area (Å²) in [6.07, 6.45) is 4.97. The minimum atomic E-state index is -0.565. The van der Waals surface area contributed by atoms with Crippen LogP contribution in [0.25, 0.3) is 0 Å². The van der Waals surface area contributed by atoms with Gasteiger partial charge in [0.25, 0.3) is 0 Å². The Balaban J connectivity index is 2.47. The molecule has 0 saturated carbocycles. The average Bonchev–Trinajstić information content (AvgIpc) is 1.88. The topological polar surface area (TPSA) is 64.4 Å². The van der Waals surface area contributed by atoms with Crippen LogP contribution in [-0.2, 0) is 4.74 Å². The highest BCUT2D eigenvalue weighted by Crippen LogP contribution is 1.97. The number of hydrogen-bond donors (Lipinski definition) is 2. The third-order valence-electron chi connectivity index (χ3n) is 0.995. The lowest BCUT2D eigenvalue weighted by atomic mass is 10.4. The summed E-state index contributed by atoms with van der Waals surface area (Å²) in [5.41, 5.74) is 5.53. The molecule has 10 heavy (non-hydrogen) atoms. The summed E-state index contributed by atoms with van der Waals surface area (Å²) < 4.78 is 4.86. The molecule has 1 aliphatic heterocycles. The fourth-order valence-corrected chi connectivity index (χ4v) is 0.633. The lowest BCUT2D eigenvalue weighted by molar-refractivity contribution is 0.242. The number of carbonyl (C=O) groups is 1. The van der Waals surface area contributed by atoms with E-state index in [1.807, 2.05) is 0 Å². The number of primary amides is 1. The zero-order valence-electron chi connectivity index (χ0n) is 5.33. The second-order valence-electron chi connectivity index (χ2n) is 1.82. The molecule has 4 heteroatoms. The fourth-order valence-electron chi connectivity index (χ4n) is 0.633. The Kier molecular flexibility index (Phi) is 1.94. The lowest BCUT2D eigenvalue weighted by Gasteiger charge is -2.09. The standard InChI is InChI=1S/C6H8N2O2/c7-6(9)8-5-2-1-3-10-4-5/h1-3H,4H2,(H3,7,8,9). The first kappa shape index (κ1) is 6.67. The molecule has 1 rings (SSSR count). The van der Waals surface area contributed by atoms with E-state index in [0.29, 0.717) is 12.3 Å². The molecule has 0 fully saturated rings. The second-order valence-corrected chi connectivity index (χ2v) is 1.82. The van der Waals surface area contributed by atoms with Crippen LogP contribution in [-0.4, -0.2) is 12.6 Å². The molecular formula is C6H8N2O2. The number of rotatable bonds is 1. The number of carbonyl (C=O) groups excluding carboxylic acids is 1. The van der Waals surface area contributed by atoms with Gasteiger partial charge in [-0.05, 0) is 12.2 Å². The average molecular weight is 140 g/mol. The van der Waals surface area contributed by atoms with E-state index >= 15 is 0 Å². The van der Waals surface area contributed by atoms with Crippen molar-refractivity contribution in [1.29, 1.82) is 0 Å². The number of allylic oxidation sites excluding steroid dienone is 2. The highest BCUT2D eigenvalue weighted by atomic mass is 16.5. The predicted octanol–water partition coefficient (Wildman–Crippen LogP) is 0.0825. The van der Waals surface area contributed by atoms with Gasteiger partial charge < -0.3 is 15.8 Å². The van der Waals surface area contributed by atoms with Crippen molar-refractivity contribution < 1.29 is 9.53 Å². The molecule has 0 radical (unpaired) electrons. The Hall–Kier alpha value is -1.45. The SMILES string of the molecule is NC(=O)NC1=CC=COC1. The molecule has 0 unspecified atom stereocenters. The largest absolute Gasteiger partial charge is 0.495 e. The van der Waals surface area contributed by atoms with Gasteiger partial charge in [0.05, 0.1) is 12.0 Å². The van der Waals surface area contributed by atoms with Gasteiger partial charge in [-0.15, -0.1) is 0 Å². The molecule has 0 saturated heterocycles. The predicted molar refractivity (Wildman–Crippen MR) is 35.9 cm³/mol. The van der Waals surface area contributed by atoms with Crippen molar-refractivity contribution in [2.45, 2.75) is 0 Å². The summed E-state index contributed by atoms with van der Waals surface area (Å²) in [6, 6.07) is -0.565. The maximum absolute atomic E-state index is 10.3. The molecule has 0 atom stereocenters. The molecule has 0 aromatic carbocycles. The summed E-state index contributed by atoms with van der Waals surface area (Å²) in [5, 5.41) is 2.41. The van der Waals surface area contributed by atoms with E-state index in [-0.39, 0.29) is 0 Å². The molecule has 0 aliphatic carbocycles. The fraction of sp³-hybridized carbons (Fsp3) is 0.167. The zero-order chi connectivity index (χ0) is 7.40. The van der Waals surface area contributed by atoms with Crippen molar-refractivity contribution in [3.05, 3.63) is 24.1 Å². The normalized spacial score (nSPS) is 15.4. The van der Waals surface area contributed by atoms with Gasteiger partial charge in [0.1, 0.15) is 6.61 Å². The third-order valence-corrected chi connectivity index (χ3v) is 0.995. The molecule has 54 valence electrons. The first-order chi connectivity index (χ1) is 4.79. The van der Waals surface area contributed by atoms with Crippen LogP contribution >= 0.6 is 0 Å². The summed E-state index contributed by atoms with van der Waals surface area (Å²) in [4.78, 5) is 10.3. The van der Waals surface area contributed by atoms with Crippen LogP contribution in [0.1, 0.15) is 0 Å². The van der Waals surface area contributed by atoms with Gasteiger partial charge in [0, 0.05) is 0 Å². The van der Waals surface area contributed by atoms with Crippen LogP contribution in [0.4, 0.5) is 4.79 Å². The molecule has 0 spiro atoms. The molecule has 0 aromatic rings. The molecular weight excluding hydrogens is 132 g/mol. The Labute approximate surface area is 58.3 Å². The van der Waals surface area contributed by atoms with E-state index in [1.54, 1.807) is 18.4 Å². The van der Waals surface area contributed by atoms with Gasteiger partial charge in [-0.2, -0.15) is 0 Å². The number of hydrogen-bond acceptors (Lipinski definition) is 2. The molecule has 1 heterocycles. The Bertz CT molecular complexity index is 196. The van der Waals surface area contributed by atoms with Gasteiger partial charge in [-0.1, -0.05) is 0 Å². The number of nitrogens with one attached hydrogen (secondary N) is 1. The minimum absolute atomic E-state index is 0.374. The summed E-state index contributed by atoms with van der Waals surface area (Å²) >= 11 is 0. The monoisotopic (exact) mass is 140 g/mol. The van der Waals surface area contributed by atoms with Crippen LogP contribution in [0, 0.1) is 0 Å². The lowest BCUT2D eigenvalue weighted by Crippen LogP contribution is -2.30. The molecule has 2 amide bonds. The Morgan fingerprint density at radius 3 is 3.10 bits per heavy atom. The number of urea groups is 1. The summed E-state index contributed by atoms with van der Waals surface area (Å²) in [6.45, 7) is 0.374. The van der Waals surface area contributed by atoms with E-state index in [4.69, 9.17) is 10.5 Å². The first-order valence-corrected chi connectivity index (χ1v) is 2.83. The van der Waals surface area contributed by atoms with Crippen molar-refractivity contribution in [3.63, 3.8) is 0 Å². The summed E-state index contributed by atoms with van der Waals surface area (Å²) in [7, 11) is 0. The quantitative estimate of drug-likeness (QED) is 0.541. The van der Waals surface area contributed by atoms with Crippen LogP contribution in [0.15, 0.2) is 24.1 Å². The van der Waals surface area contributed by atoms with Gasteiger partial charge >= 0.3 is 6.03 Å². The molecule has 1 aliphatic rings. The van der Waals surface area contributed by atoms with Gasteiger partial charge in [-0.3, -0.25) is 0 Å². The number of amides is 2. The number of nitrogens with two attached hydrogens (primary N) is 1. The van der Waals surface area contributed by atoms with Gasteiger partial charge in [0.2, 0.25) is 0 Å². The molecule has 4 nitrogen and oxygen atoms in total. The van der Waals surface area contributed by atoms with Crippen LogP contribution in [0.5, 0.6) is 0 Å². The van der Waals surface area contributed by atoms with Crippen molar-refractivity contribution in [3.8, 4) is 0 Å². The molecule has 3 N–H and O–H groups in total. The highest BCUT2D eigenvalue weighted by Gasteiger charge is 2.00. The van der Waals surface area contributed by atoms with E-state index < -0.39 is 6.03 Å². The first-order valence-electron chi connectivity index (χ1n) is 2.83. The zero-order valence-corrected chi connectivity index (χ0v) is 5.33. The second kappa shape index (κ2) is 2.91. The van der Waals surface area contributed by atoms with Crippen molar-refractivity contribution in [1.82, 2.24) is 5.32 Å². The molecule has 0 aromatic heterocycles. The maximum atomic E-state index is 10.3. The van der Waals surface area contributed by atoms with Crippen molar-refractivity contribution in [2.24, 2.45) is 5.73 Å². The van der Waals surface area contributed by atoms with E-state index in [9.17, 15) is 4.79 Å². The number of ether oxygens (including phenoxy) is 1. The van der Waals surface area contributed by atoms with E-state index in [2.05, 4.69) is 5.32 Å². The molecule has 0 bridgehead atoms. The van der Waals surface area contributed by atoms with Crippen molar-refractivity contribution in [2.75, 3.05) is 6.61 Å².